The van der Waals surface area contributed by atoms with Gasteiger partial charge in [-0.25, -0.2) is 4.79 Å². The maximum absolute atomic E-state index is 11.0. The fraction of sp³-hybridized carbons (Fsp3) is 0.364. The summed E-state index contributed by atoms with van der Waals surface area (Å²) in [7, 11) is 0. The first-order chi connectivity index (χ1) is 7.56. The van der Waals surface area contributed by atoms with E-state index in [1.54, 1.807) is 12.1 Å². The predicted molar refractivity (Wildman–Crippen MR) is 61.1 cm³/mol. The van der Waals surface area contributed by atoms with Crippen molar-refractivity contribution in [3.05, 3.63) is 28.8 Å². The van der Waals surface area contributed by atoms with Crippen LogP contribution in [0.2, 0.25) is 5.02 Å². The maximum Gasteiger partial charge on any atom is 0.337 e. The minimum atomic E-state index is -1.03. The molecule has 86 valence electrons. The van der Waals surface area contributed by atoms with E-state index in [4.69, 9.17) is 21.8 Å². The molecule has 3 N–H and O–H groups in total. The van der Waals surface area contributed by atoms with Gasteiger partial charge in [-0.3, -0.25) is 0 Å². The van der Waals surface area contributed by atoms with Crippen LogP contribution < -0.4 is 5.32 Å². The molecule has 1 aromatic rings. The van der Waals surface area contributed by atoms with Gasteiger partial charge in [-0.1, -0.05) is 11.6 Å². The Morgan fingerprint density at radius 2 is 2.19 bits per heavy atom. The molecule has 1 aliphatic rings. The number of hydrogen-bond acceptors (Lipinski definition) is 3. The molecular weight excluding hydrogens is 230 g/mol. The lowest BCUT2D eigenvalue weighted by Crippen LogP contribution is -2.26. The van der Waals surface area contributed by atoms with E-state index in [9.17, 15) is 4.79 Å². The molecule has 2 rings (SSSR count). The minimum absolute atomic E-state index is 0.00862. The molecule has 0 atom stereocenters. The predicted octanol–water partition coefficient (Wildman–Crippen LogP) is 1.97. The number of nitrogens with one attached hydrogen (secondary N) is 1. The Labute approximate surface area is 97.9 Å². The largest absolute Gasteiger partial charge is 0.478 e. The van der Waals surface area contributed by atoms with Gasteiger partial charge < -0.3 is 15.5 Å². The Morgan fingerprint density at radius 3 is 2.69 bits per heavy atom. The average molecular weight is 242 g/mol. The van der Waals surface area contributed by atoms with Crippen LogP contribution in [0.1, 0.15) is 23.2 Å². The maximum atomic E-state index is 11.0. The molecular formula is C11H12ClNO3. The van der Waals surface area contributed by atoms with Crippen molar-refractivity contribution in [1.82, 2.24) is 0 Å². The van der Waals surface area contributed by atoms with E-state index in [0.29, 0.717) is 10.7 Å². The van der Waals surface area contributed by atoms with Crippen molar-refractivity contribution in [3.63, 3.8) is 0 Å². The molecule has 0 aromatic heterocycles. The molecule has 0 radical (unpaired) electrons. The lowest BCUT2D eigenvalue weighted by atomic mass is 10.1. The van der Waals surface area contributed by atoms with Crippen LogP contribution in [-0.2, 0) is 0 Å². The van der Waals surface area contributed by atoms with E-state index in [-0.39, 0.29) is 17.7 Å². The van der Waals surface area contributed by atoms with Gasteiger partial charge in [0.05, 0.1) is 17.7 Å². The minimum Gasteiger partial charge on any atom is -0.478 e. The number of anilines is 1. The summed E-state index contributed by atoms with van der Waals surface area (Å²) in [6.45, 7) is 0.00862. The third-order valence-electron chi connectivity index (χ3n) is 2.77. The van der Waals surface area contributed by atoms with Crippen molar-refractivity contribution in [1.29, 1.82) is 0 Å². The monoisotopic (exact) mass is 241 g/mol. The van der Waals surface area contributed by atoms with E-state index in [1.807, 2.05) is 0 Å². The van der Waals surface area contributed by atoms with Gasteiger partial charge in [0.15, 0.2) is 0 Å². The zero-order valence-corrected chi connectivity index (χ0v) is 9.29. The summed E-state index contributed by atoms with van der Waals surface area (Å²) >= 11 is 5.74. The summed E-state index contributed by atoms with van der Waals surface area (Å²) in [4.78, 5) is 11.0. The van der Waals surface area contributed by atoms with Crippen LogP contribution in [0.5, 0.6) is 0 Å². The van der Waals surface area contributed by atoms with E-state index in [1.165, 1.54) is 6.07 Å². The van der Waals surface area contributed by atoms with E-state index in [0.717, 1.165) is 12.8 Å². The van der Waals surface area contributed by atoms with Crippen molar-refractivity contribution < 1.29 is 15.0 Å². The second kappa shape index (κ2) is 3.96. The molecule has 1 saturated carbocycles. The van der Waals surface area contributed by atoms with Crippen LogP contribution in [0.3, 0.4) is 0 Å². The first-order valence-corrected chi connectivity index (χ1v) is 5.36. The van der Waals surface area contributed by atoms with Gasteiger partial charge in [-0.05, 0) is 31.0 Å². The van der Waals surface area contributed by atoms with Crippen molar-refractivity contribution in [2.75, 3.05) is 11.9 Å². The van der Waals surface area contributed by atoms with Crippen molar-refractivity contribution in [3.8, 4) is 0 Å². The fourth-order valence-electron chi connectivity index (χ4n) is 1.56. The smallest absolute Gasteiger partial charge is 0.337 e. The van der Waals surface area contributed by atoms with Gasteiger partial charge in [-0.15, -0.1) is 0 Å². The molecule has 1 aliphatic carbocycles. The number of aliphatic hydroxyl groups is 1. The topological polar surface area (TPSA) is 69.6 Å². The number of carbonyl (C=O) groups is 1. The summed E-state index contributed by atoms with van der Waals surface area (Å²) in [5, 5.41) is 21.6. The Bertz CT molecular complexity index is 429. The van der Waals surface area contributed by atoms with Crippen LogP contribution in [0.4, 0.5) is 5.69 Å². The molecule has 0 aliphatic heterocycles. The van der Waals surface area contributed by atoms with Crippen LogP contribution >= 0.6 is 11.6 Å². The van der Waals surface area contributed by atoms with Crippen LogP contribution in [0.25, 0.3) is 0 Å². The number of halogens is 1. The molecule has 1 fully saturated rings. The zero-order valence-electron chi connectivity index (χ0n) is 8.53. The van der Waals surface area contributed by atoms with Gasteiger partial charge >= 0.3 is 5.97 Å². The zero-order chi connectivity index (χ0) is 11.8. The molecule has 1 aromatic carbocycles. The lowest BCUT2D eigenvalue weighted by molar-refractivity contribution is 0.0698. The van der Waals surface area contributed by atoms with Gasteiger partial charge in [-0.2, -0.15) is 0 Å². The Hall–Kier alpha value is -1.26. The third kappa shape index (κ3) is 2.13. The number of benzene rings is 1. The SMILES string of the molecule is O=C(O)c1cc(Cl)ccc1NC1(CO)CC1. The summed E-state index contributed by atoms with van der Waals surface area (Å²) in [6, 6.07) is 4.66. The molecule has 0 spiro atoms. The second-order valence-corrected chi connectivity index (χ2v) is 4.49. The Balaban J connectivity index is 2.29. The average Bonchev–Trinajstić information content (AvgIpc) is 3.01. The molecule has 0 unspecified atom stereocenters. The number of rotatable bonds is 4. The van der Waals surface area contributed by atoms with Crippen molar-refractivity contribution in [2.24, 2.45) is 0 Å². The molecule has 5 heteroatoms. The van der Waals surface area contributed by atoms with Gasteiger partial charge in [0.1, 0.15) is 0 Å². The van der Waals surface area contributed by atoms with Crippen LogP contribution in [0.15, 0.2) is 18.2 Å². The Kier molecular flexibility index (Phi) is 2.78. The molecule has 4 nitrogen and oxygen atoms in total. The van der Waals surface area contributed by atoms with Gasteiger partial charge in [0.2, 0.25) is 0 Å². The van der Waals surface area contributed by atoms with Crippen LogP contribution in [-0.4, -0.2) is 28.3 Å². The summed E-state index contributed by atoms with van der Waals surface area (Å²) in [5.41, 5.74) is 0.300. The number of carboxylic acid groups (broad SMARTS) is 1. The number of aromatic carboxylic acids is 1. The highest BCUT2D eigenvalue weighted by atomic mass is 35.5. The van der Waals surface area contributed by atoms with E-state index < -0.39 is 5.97 Å². The molecule has 0 saturated heterocycles. The number of aliphatic hydroxyl groups excluding tert-OH is 1. The number of carboxylic acids is 1. The highest BCUT2D eigenvalue weighted by molar-refractivity contribution is 6.31. The normalized spacial score (nSPS) is 16.9. The standard InChI is InChI=1S/C11H12ClNO3/c12-7-1-2-9(8(5-7)10(15)16)13-11(6-14)3-4-11/h1-2,5,13-14H,3-4,6H2,(H,15,16). The first kappa shape index (κ1) is 11.2. The second-order valence-electron chi connectivity index (χ2n) is 4.06. The quantitative estimate of drug-likeness (QED) is 0.754. The number of hydrogen-bond donors (Lipinski definition) is 3. The molecule has 0 heterocycles. The highest BCUT2D eigenvalue weighted by Gasteiger charge is 2.42. The third-order valence-corrected chi connectivity index (χ3v) is 3.00. The van der Waals surface area contributed by atoms with E-state index >= 15 is 0 Å². The first-order valence-electron chi connectivity index (χ1n) is 4.98. The Morgan fingerprint density at radius 1 is 1.50 bits per heavy atom. The summed E-state index contributed by atoms with van der Waals surface area (Å²) in [6.07, 6.45) is 1.70. The summed E-state index contributed by atoms with van der Waals surface area (Å²) in [5.74, 6) is -1.03. The lowest BCUT2D eigenvalue weighted by Gasteiger charge is -2.17. The molecule has 0 bridgehead atoms. The van der Waals surface area contributed by atoms with Gasteiger partial charge in [0.25, 0.3) is 0 Å². The van der Waals surface area contributed by atoms with Crippen LogP contribution in [0, 0.1) is 0 Å². The van der Waals surface area contributed by atoms with Gasteiger partial charge in [0, 0.05) is 10.7 Å². The molecule has 0 amide bonds. The van der Waals surface area contributed by atoms with E-state index in [2.05, 4.69) is 5.32 Å². The summed E-state index contributed by atoms with van der Waals surface area (Å²) < 4.78 is 0. The van der Waals surface area contributed by atoms with Crippen molar-refractivity contribution >= 4 is 23.3 Å². The highest BCUT2D eigenvalue weighted by Crippen LogP contribution is 2.39. The molecule has 16 heavy (non-hydrogen) atoms. The van der Waals surface area contributed by atoms with Crippen molar-refractivity contribution in [2.45, 2.75) is 18.4 Å². The fourth-order valence-corrected chi connectivity index (χ4v) is 1.73.